The molecule has 0 amide bonds. The minimum Gasteiger partial charge on any atom is -0.389 e. The number of β-amino-alcohol motifs (C(OH)–C–C–N with tert-alkyl or cyclic N) is 2. The summed E-state index contributed by atoms with van der Waals surface area (Å²) in [5.74, 6) is 0. The maximum atomic E-state index is 10.9. The summed E-state index contributed by atoms with van der Waals surface area (Å²) < 4.78 is 0. The van der Waals surface area contributed by atoms with Crippen molar-refractivity contribution < 1.29 is 15.1 Å². The second-order valence-electron chi connectivity index (χ2n) is 3.90. The van der Waals surface area contributed by atoms with Gasteiger partial charge in [0, 0.05) is 19.2 Å². The van der Waals surface area contributed by atoms with Gasteiger partial charge in [0.15, 0.2) is 0 Å². The van der Waals surface area contributed by atoms with Gasteiger partial charge in [0.2, 0.25) is 0 Å². The molecule has 2 rings (SSSR count). The highest BCUT2D eigenvalue weighted by Gasteiger charge is 2.34. The summed E-state index contributed by atoms with van der Waals surface area (Å²) in [5, 5.41) is 30.0. The highest BCUT2D eigenvalue weighted by molar-refractivity contribution is 6.33. The molecule has 0 bridgehead atoms. The van der Waals surface area contributed by atoms with Crippen molar-refractivity contribution in [2.75, 3.05) is 18.0 Å². The average Bonchev–Trinajstić information content (AvgIpc) is 2.58. The molecule has 7 heteroatoms. The zero-order valence-electron chi connectivity index (χ0n) is 8.78. The Kier molecular flexibility index (Phi) is 3.19. The van der Waals surface area contributed by atoms with Gasteiger partial charge < -0.3 is 15.1 Å². The van der Waals surface area contributed by atoms with Crippen molar-refractivity contribution in [2.45, 2.75) is 12.2 Å². The van der Waals surface area contributed by atoms with Crippen molar-refractivity contribution >= 4 is 23.0 Å². The van der Waals surface area contributed by atoms with Crippen LogP contribution in [0.1, 0.15) is 0 Å². The first-order valence-corrected chi connectivity index (χ1v) is 5.42. The highest BCUT2D eigenvalue weighted by Crippen LogP contribution is 2.37. The quantitative estimate of drug-likeness (QED) is 0.605. The van der Waals surface area contributed by atoms with Crippen molar-refractivity contribution in [1.82, 2.24) is 0 Å². The van der Waals surface area contributed by atoms with E-state index in [1.165, 1.54) is 17.0 Å². The van der Waals surface area contributed by atoms with Crippen LogP contribution in [-0.4, -0.2) is 40.4 Å². The first-order valence-electron chi connectivity index (χ1n) is 5.04. The molecule has 92 valence electrons. The van der Waals surface area contributed by atoms with Gasteiger partial charge in [-0.1, -0.05) is 17.7 Å². The van der Waals surface area contributed by atoms with Crippen LogP contribution in [0.15, 0.2) is 18.2 Å². The summed E-state index contributed by atoms with van der Waals surface area (Å²) in [6.45, 7) is 0.261. The molecule has 17 heavy (non-hydrogen) atoms. The molecule has 0 spiro atoms. The van der Waals surface area contributed by atoms with Crippen LogP contribution in [0.3, 0.4) is 0 Å². The molecule has 1 aliphatic heterocycles. The number of nitro benzene ring substituents is 1. The van der Waals surface area contributed by atoms with Crippen LogP contribution in [0.4, 0.5) is 11.4 Å². The molecule has 0 radical (unpaired) electrons. The lowest BCUT2D eigenvalue weighted by Gasteiger charge is -2.18. The Morgan fingerprint density at radius 1 is 1.35 bits per heavy atom. The molecule has 1 aromatic rings. The smallest absolute Gasteiger partial charge is 0.294 e. The van der Waals surface area contributed by atoms with Gasteiger partial charge in [-0.15, -0.1) is 0 Å². The van der Waals surface area contributed by atoms with Crippen molar-refractivity contribution in [2.24, 2.45) is 0 Å². The zero-order chi connectivity index (χ0) is 12.6. The molecule has 0 aliphatic carbocycles. The van der Waals surface area contributed by atoms with Crippen LogP contribution >= 0.6 is 11.6 Å². The van der Waals surface area contributed by atoms with Gasteiger partial charge in [-0.25, -0.2) is 0 Å². The van der Waals surface area contributed by atoms with E-state index in [1.54, 1.807) is 6.07 Å². The van der Waals surface area contributed by atoms with E-state index in [0.29, 0.717) is 0 Å². The SMILES string of the molecule is O=[N+]([O-])c1cccc(Cl)c1N1CC(O)C(O)C1. The average molecular weight is 259 g/mol. The maximum Gasteiger partial charge on any atom is 0.294 e. The topological polar surface area (TPSA) is 86.8 Å². The molecule has 2 atom stereocenters. The Morgan fingerprint density at radius 2 is 1.94 bits per heavy atom. The predicted octanol–water partition coefficient (Wildman–Crippen LogP) is 0.790. The van der Waals surface area contributed by atoms with E-state index in [9.17, 15) is 20.3 Å². The van der Waals surface area contributed by atoms with Crippen LogP contribution < -0.4 is 4.90 Å². The van der Waals surface area contributed by atoms with Gasteiger partial charge in [-0.05, 0) is 6.07 Å². The van der Waals surface area contributed by atoms with Crippen molar-refractivity contribution in [1.29, 1.82) is 0 Å². The summed E-state index contributed by atoms with van der Waals surface area (Å²) in [7, 11) is 0. The third kappa shape index (κ3) is 2.19. The Balaban J connectivity index is 2.41. The zero-order valence-corrected chi connectivity index (χ0v) is 9.54. The Hall–Kier alpha value is -1.37. The number of anilines is 1. The predicted molar refractivity (Wildman–Crippen MR) is 62.3 cm³/mol. The summed E-state index contributed by atoms with van der Waals surface area (Å²) in [4.78, 5) is 11.9. The van der Waals surface area contributed by atoms with Crippen LogP contribution in [0.25, 0.3) is 0 Å². The Labute approximate surface area is 102 Å². The Bertz CT molecular complexity index is 444. The standard InChI is InChI=1S/C10H11ClN2O4/c11-6-2-1-3-7(13(16)17)10(6)12-4-8(14)9(15)5-12/h1-3,8-9,14-15H,4-5H2. The third-order valence-electron chi connectivity index (χ3n) is 2.74. The molecule has 2 unspecified atom stereocenters. The fraction of sp³-hybridized carbons (Fsp3) is 0.400. The van der Waals surface area contributed by atoms with Crippen molar-refractivity contribution in [3.8, 4) is 0 Å². The Morgan fingerprint density at radius 3 is 2.47 bits per heavy atom. The number of aliphatic hydroxyl groups excluding tert-OH is 2. The first-order chi connectivity index (χ1) is 8.00. The van der Waals surface area contributed by atoms with E-state index in [-0.39, 0.29) is 29.5 Å². The molecular weight excluding hydrogens is 248 g/mol. The minimum atomic E-state index is -0.911. The van der Waals surface area contributed by atoms with Crippen LogP contribution in [0.5, 0.6) is 0 Å². The number of rotatable bonds is 2. The van der Waals surface area contributed by atoms with E-state index < -0.39 is 17.1 Å². The molecule has 1 aromatic carbocycles. The molecule has 6 nitrogen and oxygen atoms in total. The largest absolute Gasteiger partial charge is 0.389 e. The lowest BCUT2D eigenvalue weighted by molar-refractivity contribution is -0.384. The molecular formula is C10H11ClN2O4. The lowest BCUT2D eigenvalue weighted by Crippen LogP contribution is -2.22. The van der Waals surface area contributed by atoms with E-state index in [4.69, 9.17) is 11.6 Å². The molecule has 1 fully saturated rings. The summed E-state index contributed by atoms with van der Waals surface area (Å²) >= 11 is 5.94. The number of hydrogen-bond acceptors (Lipinski definition) is 5. The summed E-state index contributed by atoms with van der Waals surface area (Å²) in [6, 6.07) is 4.38. The van der Waals surface area contributed by atoms with Crippen molar-refractivity contribution in [3.63, 3.8) is 0 Å². The fourth-order valence-electron chi connectivity index (χ4n) is 1.92. The number of halogens is 1. The second kappa shape index (κ2) is 4.48. The lowest BCUT2D eigenvalue weighted by atomic mass is 10.2. The van der Waals surface area contributed by atoms with Crippen LogP contribution in [0.2, 0.25) is 5.02 Å². The number of nitrogens with zero attached hydrogens (tertiary/aromatic N) is 2. The van der Waals surface area contributed by atoms with Gasteiger partial charge in [-0.3, -0.25) is 10.1 Å². The number of hydrogen-bond donors (Lipinski definition) is 2. The first kappa shape index (κ1) is 12.1. The molecule has 0 saturated carbocycles. The monoisotopic (exact) mass is 258 g/mol. The van der Waals surface area contributed by atoms with Crippen molar-refractivity contribution in [3.05, 3.63) is 33.3 Å². The minimum absolute atomic E-state index is 0.126. The van der Waals surface area contributed by atoms with Gasteiger partial charge >= 0.3 is 0 Å². The van der Waals surface area contributed by atoms with Gasteiger partial charge in [0.05, 0.1) is 22.2 Å². The van der Waals surface area contributed by atoms with Gasteiger partial charge in [0.1, 0.15) is 5.69 Å². The number of para-hydroxylation sites is 1. The molecule has 1 heterocycles. The van der Waals surface area contributed by atoms with E-state index in [0.717, 1.165) is 0 Å². The van der Waals surface area contributed by atoms with E-state index in [2.05, 4.69) is 0 Å². The molecule has 1 aliphatic rings. The van der Waals surface area contributed by atoms with Crippen LogP contribution in [-0.2, 0) is 0 Å². The second-order valence-corrected chi connectivity index (χ2v) is 4.31. The number of benzene rings is 1. The number of nitro groups is 1. The summed E-state index contributed by atoms with van der Waals surface area (Å²) in [6.07, 6.45) is -1.82. The highest BCUT2D eigenvalue weighted by atomic mass is 35.5. The van der Waals surface area contributed by atoms with E-state index >= 15 is 0 Å². The van der Waals surface area contributed by atoms with Crippen LogP contribution in [0, 0.1) is 10.1 Å². The fourth-order valence-corrected chi connectivity index (χ4v) is 2.21. The van der Waals surface area contributed by atoms with Gasteiger partial charge in [0.25, 0.3) is 5.69 Å². The normalized spacial score (nSPS) is 24.1. The molecule has 0 aromatic heterocycles. The molecule has 1 saturated heterocycles. The van der Waals surface area contributed by atoms with Gasteiger partial charge in [-0.2, -0.15) is 0 Å². The number of aliphatic hydroxyl groups is 2. The third-order valence-corrected chi connectivity index (χ3v) is 3.04. The molecule has 2 N–H and O–H groups in total. The summed E-state index contributed by atoms with van der Waals surface area (Å²) in [5.41, 5.74) is 0.119. The maximum absolute atomic E-state index is 10.9. The van der Waals surface area contributed by atoms with E-state index in [1.807, 2.05) is 0 Å².